The van der Waals surface area contributed by atoms with Crippen molar-refractivity contribution in [1.82, 2.24) is 0 Å². The number of rotatable bonds is 6. The molecule has 1 saturated carbocycles. The van der Waals surface area contributed by atoms with Gasteiger partial charge in [0.1, 0.15) is 5.78 Å². The van der Waals surface area contributed by atoms with Crippen LogP contribution >= 0.6 is 0 Å². The third-order valence-corrected chi connectivity index (χ3v) is 5.45. The first kappa shape index (κ1) is 20.9. The molecule has 0 amide bonds. The zero-order valence-corrected chi connectivity index (χ0v) is 17.5. The molecule has 1 heterocycles. The van der Waals surface area contributed by atoms with Crippen molar-refractivity contribution in [2.24, 2.45) is 10.9 Å². The second kappa shape index (κ2) is 8.68. The average molecular weight is 401 g/mol. The molecule has 3 rings (SSSR count). The van der Waals surface area contributed by atoms with Crippen molar-refractivity contribution in [3.05, 3.63) is 29.0 Å². The van der Waals surface area contributed by atoms with E-state index >= 15 is 0 Å². The van der Waals surface area contributed by atoms with Crippen molar-refractivity contribution < 1.29 is 28.5 Å². The smallest absolute Gasteiger partial charge is 0.336 e. The van der Waals surface area contributed by atoms with Gasteiger partial charge in [0, 0.05) is 23.7 Å². The Labute approximate surface area is 170 Å². The van der Waals surface area contributed by atoms with Crippen molar-refractivity contribution in [2.45, 2.75) is 39.0 Å². The first-order chi connectivity index (χ1) is 14.0. The molecule has 0 bridgehead atoms. The zero-order chi connectivity index (χ0) is 21.1. The van der Waals surface area contributed by atoms with Gasteiger partial charge in [0.2, 0.25) is 5.75 Å². The number of fused-ring (bicyclic) bond motifs is 1. The van der Waals surface area contributed by atoms with Crippen LogP contribution in [0.5, 0.6) is 17.2 Å². The van der Waals surface area contributed by atoms with Crippen molar-refractivity contribution in [2.75, 3.05) is 27.9 Å². The van der Waals surface area contributed by atoms with Crippen LogP contribution in [0.3, 0.4) is 0 Å². The van der Waals surface area contributed by atoms with Crippen LogP contribution in [0.15, 0.2) is 28.4 Å². The molecule has 2 unspecified atom stereocenters. The summed E-state index contributed by atoms with van der Waals surface area (Å²) >= 11 is 0. The van der Waals surface area contributed by atoms with E-state index in [1.165, 1.54) is 21.3 Å². The van der Waals surface area contributed by atoms with Gasteiger partial charge in [0.25, 0.3) is 0 Å². The molecule has 0 spiro atoms. The number of carbonyl (C=O) groups excluding carboxylic acids is 2. The molecule has 7 heteroatoms. The molecule has 0 saturated heterocycles. The average Bonchev–Trinajstić information content (AvgIpc) is 2.71. The topological polar surface area (TPSA) is 83.4 Å². The number of esters is 1. The summed E-state index contributed by atoms with van der Waals surface area (Å²) in [6.45, 7) is 3.79. The van der Waals surface area contributed by atoms with E-state index in [9.17, 15) is 9.59 Å². The monoisotopic (exact) mass is 401 g/mol. The van der Waals surface area contributed by atoms with Crippen molar-refractivity contribution in [3.63, 3.8) is 0 Å². The van der Waals surface area contributed by atoms with Gasteiger partial charge in [-0.3, -0.25) is 9.79 Å². The Bertz CT molecular complexity index is 860. The van der Waals surface area contributed by atoms with Gasteiger partial charge >= 0.3 is 5.97 Å². The van der Waals surface area contributed by atoms with E-state index in [1.54, 1.807) is 26.0 Å². The minimum absolute atomic E-state index is 0.0862. The first-order valence-electron chi connectivity index (χ1n) is 9.74. The fraction of sp³-hybridized carbons (Fsp3) is 0.500. The number of ketones is 1. The van der Waals surface area contributed by atoms with Gasteiger partial charge in [0.15, 0.2) is 11.5 Å². The number of benzene rings is 1. The van der Waals surface area contributed by atoms with Gasteiger partial charge in [0.05, 0.1) is 39.4 Å². The zero-order valence-electron chi connectivity index (χ0n) is 17.5. The molecule has 2 aliphatic rings. The Morgan fingerprint density at radius 3 is 2.28 bits per heavy atom. The second-order valence-electron chi connectivity index (χ2n) is 7.06. The molecule has 1 aromatic carbocycles. The van der Waals surface area contributed by atoms with Crippen LogP contribution in [0.25, 0.3) is 0 Å². The summed E-state index contributed by atoms with van der Waals surface area (Å²) in [5, 5.41) is 0. The number of Topliss-reactive ketones (excluding diaryl/α,β-unsaturated/α-hetero) is 1. The van der Waals surface area contributed by atoms with Gasteiger partial charge in [-0.2, -0.15) is 0 Å². The Morgan fingerprint density at radius 2 is 1.72 bits per heavy atom. The van der Waals surface area contributed by atoms with E-state index in [4.69, 9.17) is 18.9 Å². The largest absolute Gasteiger partial charge is 0.493 e. The summed E-state index contributed by atoms with van der Waals surface area (Å²) in [4.78, 5) is 30.4. The van der Waals surface area contributed by atoms with Gasteiger partial charge < -0.3 is 18.9 Å². The number of methoxy groups -OCH3 is 3. The fourth-order valence-corrected chi connectivity index (χ4v) is 4.24. The number of aliphatic imine (C=N–C) groups is 1. The highest BCUT2D eigenvalue weighted by atomic mass is 16.5. The summed E-state index contributed by atoms with van der Waals surface area (Å²) in [6, 6.07) is 3.59. The van der Waals surface area contributed by atoms with Crippen molar-refractivity contribution >= 4 is 17.5 Å². The molecule has 1 aromatic rings. The molecule has 1 aliphatic carbocycles. The summed E-state index contributed by atoms with van der Waals surface area (Å²) in [5.41, 5.74) is 2.55. The Morgan fingerprint density at radius 1 is 1.07 bits per heavy atom. The summed E-state index contributed by atoms with van der Waals surface area (Å²) in [7, 11) is 4.60. The number of ether oxygens (including phenoxy) is 4. The normalized spacial score (nSPS) is 21.3. The van der Waals surface area contributed by atoms with Crippen LogP contribution < -0.4 is 14.2 Å². The lowest BCUT2D eigenvalue weighted by atomic mass is 9.69. The fourth-order valence-electron chi connectivity index (χ4n) is 4.24. The maximum atomic E-state index is 12.9. The first-order valence-corrected chi connectivity index (χ1v) is 9.74. The third kappa shape index (κ3) is 3.73. The molecular weight excluding hydrogens is 374 g/mol. The highest BCUT2D eigenvalue weighted by molar-refractivity contribution is 6.11. The Kier molecular flexibility index (Phi) is 6.25. The highest BCUT2D eigenvalue weighted by Gasteiger charge is 2.44. The van der Waals surface area contributed by atoms with E-state index in [2.05, 4.69) is 4.99 Å². The number of carbonyl (C=O) groups is 2. The Balaban J connectivity index is 2.23. The van der Waals surface area contributed by atoms with Crippen LogP contribution in [-0.2, 0) is 14.3 Å². The SMILES string of the molecule is CCOC(=O)C1=C(C)N=C2CCCC(=O)C2C1c1cc(OC)c(OC)c(OC)c1. The van der Waals surface area contributed by atoms with Crippen LogP contribution in [0.2, 0.25) is 0 Å². The molecule has 2 atom stereocenters. The van der Waals surface area contributed by atoms with Crippen LogP contribution in [-0.4, -0.2) is 45.4 Å². The summed E-state index contributed by atoms with van der Waals surface area (Å²) < 4.78 is 21.7. The van der Waals surface area contributed by atoms with Crippen LogP contribution in [0.4, 0.5) is 0 Å². The molecule has 0 radical (unpaired) electrons. The minimum atomic E-state index is -0.511. The lowest BCUT2D eigenvalue weighted by molar-refractivity contribution is -0.139. The number of allylic oxidation sites excluding steroid dienone is 1. The van der Waals surface area contributed by atoms with Crippen LogP contribution in [0, 0.1) is 5.92 Å². The molecule has 29 heavy (non-hydrogen) atoms. The van der Waals surface area contributed by atoms with Crippen molar-refractivity contribution in [1.29, 1.82) is 0 Å². The molecule has 0 N–H and O–H groups in total. The summed E-state index contributed by atoms with van der Waals surface area (Å²) in [6.07, 6.45) is 1.99. The van der Waals surface area contributed by atoms with Gasteiger partial charge in [-0.15, -0.1) is 0 Å². The molecule has 0 aromatic heterocycles. The predicted octanol–water partition coefficient (Wildman–Crippen LogP) is 3.46. The van der Waals surface area contributed by atoms with E-state index in [0.717, 1.165) is 24.1 Å². The van der Waals surface area contributed by atoms with E-state index in [1.807, 2.05) is 0 Å². The quantitative estimate of drug-likeness (QED) is 0.679. The predicted molar refractivity (Wildman–Crippen MR) is 108 cm³/mol. The third-order valence-electron chi connectivity index (χ3n) is 5.45. The molecule has 1 fully saturated rings. The summed E-state index contributed by atoms with van der Waals surface area (Å²) in [5.74, 6) is 0.0209. The van der Waals surface area contributed by atoms with Gasteiger partial charge in [-0.1, -0.05) is 0 Å². The maximum absolute atomic E-state index is 12.9. The lowest BCUT2D eigenvalue weighted by Gasteiger charge is -2.35. The lowest BCUT2D eigenvalue weighted by Crippen LogP contribution is -2.39. The van der Waals surface area contributed by atoms with E-state index in [0.29, 0.717) is 34.9 Å². The molecule has 1 aliphatic heterocycles. The van der Waals surface area contributed by atoms with E-state index < -0.39 is 17.8 Å². The second-order valence-corrected chi connectivity index (χ2v) is 7.06. The number of hydrogen-bond donors (Lipinski definition) is 0. The number of nitrogens with zero attached hydrogens (tertiary/aromatic N) is 1. The highest BCUT2D eigenvalue weighted by Crippen LogP contribution is 2.47. The molecule has 156 valence electrons. The van der Waals surface area contributed by atoms with Crippen molar-refractivity contribution in [3.8, 4) is 17.2 Å². The maximum Gasteiger partial charge on any atom is 0.336 e. The van der Waals surface area contributed by atoms with Gasteiger partial charge in [-0.25, -0.2) is 4.79 Å². The minimum Gasteiger partial charge on any atom is -0.493 e. The Hall–Kier alpha value is -2.83. The molecular formula is C22H27NO6. The van der Waals surface area contributed by atoms with Crippen LogP contribution in [0.1, 0.15) is 44.6 Å². The molecule has 7 nitrogen and oxygen atoms in total. The van der Waals surface area contributed by atoms with E-state index in [-0.39, 0.29) is 12.4 Å². The standard InChI is InChI=1S/C22H27NO6/c1-6-29-22(25)18-12(2)23-14-8-7-9-15(24)20(14)19(18)13-10-16(26-3)21(28-5)17(11-13)27-4/h10-11,19-20H,6-9H2,1-5H3. The van der Waals surface area contributed by atoms with Gasteiger partial charge in [-0.05, 0) is 44.4 Å². The number of hydrogen-bond acceptors (Lipinski definition) is 7.